The second-order valence-corrected chi connectivity index (χ2v) is 7.56. The summed E-state index contributed by atoms with van der Waals surface area (Å²) in [4.78, 5) is 0.194. The van der Waals surface area contributed by atoms with E-state index in [2.05, 4.69) is 5.32 Å². The van der Waals surface area contributed by atoms with Crippen LogP contribution in [0.1, 0.15) is 19.4 Å². The Labute approximate surface area is 132 Å². The van der Waals surface area contributed by atoms with Gasteiger partial charge in [0.15, 0.2) is 0 Å². The van der Waals surface area contributed by atoms with Gasteiger partial charge < -0.3 is 10.1 Å². The topological polar surface area (TPSA) is 58.6 Å². The van der Waals surface area contributed by atoms with E-state index in [0.717, 1.165) is 5.56 Å². The van der Waals surface area contributed by atoms with Crippen molar-refractivity contribution in [3.05, 3.63) is 28.8 Å². The van der Waals surface area contributed by atoms with E-state index in [1.807, 2.05) is 13.8 Å². The van der Waals surface area contributed by atoms with Crippen molar-refractivity contribution in [1.82, 2.24) is 9.62 Å². The molecule has 0 spiro atoms. The molecular weight excluding hydrogens is 312 g/mol. The van der Waals surface area contributed by atoms with Crippen LogP contribution in [-0.4, -0.2) is 46.1 Å². The van der Waals surface area contributed by atoms with Gasteiger partial charge >= 0.3 is 0 Å². The van der Waals surface area contributed by atoms with E-state index in [-0.39, 0.29) is 4.90 Å². The first-order valence-electron chi connectivity index (χ1n) is 6.76. The van der Waals surface area contributed by atoms with E-state index in [1.54, 1.807) is 12.1 Å². The van der Waals surface area contributed by atoms with Crippen LogP contribution in [0.4, 0.5) is 0 Å². The molecular formula is C14H23ClN2O3S. The lowest BCUT2D eigenvalue weighted by Gasteiger charge is -2.17. The van der Waals surface area contributed by atoms with Gasteiger partial charge in [-0.25, -0.2) is 8.42 Å². The van der Waals surface area contributed by atoms with Crippen LogP contribution in [0.3, 0.4) is 0 Å². The van der Waals surface area contributed by atoms with Gasteiger partial charge in [0.25, 0.3) is 0 Å². The lowest BCUT2D eigenvalue weighted by atomic mass is 10.2. The van der Waals surface area contributed by atoms with E-state index in [9.17, 15) is 8.42 Å². The molecule has 0 bridgehead atoms. The number of nitrogens with one attached hydrogen (secondary N) is 1. The summed E-state index contributed by atoms with van der Waals surface area (Å²) in [5.74, 6) is 0. The third kappa shape index (κ3) is 5.23. The zero-order valence-corrected chi connectivity index (χ0v) is 14.5. The zero-order valence-electron chi connectivity index (χ0n) is 12.9. The monoisotopic (exact) mass is 334 g/mol. The summed E-state index contributed by atoms with van der Waals surface area (Å²) in [5.41, 5.74) is 0.879. The van der Waals surface area contributed by atoms with Gasteiger partial charge in [-0.05, 0) is 17.7 Å². The van der Waals surface area contributed by atoms with Crippen LogP contribution < -0.4 is 5.32 Å². The zero-order chi connectivity index (χ0) is 16.0. The first-order valence-corrected chi connectivity index (χ1v) is 8.58. The van der Waals surface area contributed by atoms with E-state index >= 15 is 0 Å². The summed E-state index contributed by atoms with van der Waals surface area (Å²) in [7, 11) is -0.473. The molecule has 0 radical (unpaired) electrons. The number of hydrogen-bond donors (Lipinski definition) is 1. The van der Waals surface area contributed by atoms with Crippen LogP contribution in [-0.2, 0) is 21.3 Å². The standard InChI is InChI=1S/C14H23ClN2O3S/c1-11(2)16-10-12-5-6-13(9-14(12)15)21(18,19)17(3)7-8-20-4/h5-6,9,11,16H,7-8,10H2,1-4H3. The second-order valence-electron chi connectivity index (χ2n) is 5.11. The summed E-state index contributed by atoms with van der Waals surface area (Å²) in [6, 6.07) is 5.17. The fraction of sp³-hybridized carbons (Fsp3) is 0.571. The van der Waals surface area contributed by atoms with Gasteiger partial charge in [-0.1, -0.05) is 31.5 Å². The number of sulfonamides is 1. The van der Waals surface area contributed by atoms with Gasteiger partial charge in [-0.3, -0.25) is 0 Å². The van der Waals surface area contributed by atoms with Crippen molar-refractivity contribution in [3.8, 4) is 0 Å². The molecule has 0 aliphatic rings. The molecule has 1 aromatic carbocycles. The average molecular weight is 335 g/mol. The van der Waals surface area contributed by atoms with Crippen molar-refractivity contribution in [2.75, 3.05) is 27.3 Å². The Bertz CT molecular complexity index is 561. The lowest BCUT2D eigenvalue weighted by molar-refractivity contribution is 0.185. The molecule has 0 fully saturated rings. The summed E-state index contributed by atoms with van der Waals surface area (Å²) in [6.45, 7) is 5.33. The van der Waals surface area contributed by atoms with Gasteiger partial charge in [0, 0.05) is 38.3 Å². The number of nitrogens with zero attached hydrogens (tertiary/aromatic N) is 1. The van der Waals surface area contributed by atoms with Crippen LogP contribution >= 0.6 is 11.6 Å². The minimum Gasteiger partial charge on any atom is -0.383 e. The number of benzene rings is 1. The van der Waals surface area contributed by atoms with Gasteiger partial charge in [0.05, 0.1) is 11.5 Å². The minimum absolute atomic E-state index is 0.194. The number of rotatable bonds is 8. The Kier molecular flexibility index (Phi) is 7.09. The molecule has 0 aliphatic carbocycles. The molecule has 0 aromatic heterocycles. The Balaban J connectivity index is 2.91. The van der Waals surface area contributed by atoms with Crippen LogP contribution in [0.25, 0.3) is 0 Å². The van der Waals surface area contributed by atoms with Crippen molar-refractivity contribution in [3.63, 3.8) is 0 Å². The molecule has 1 aromatic rings. The van der Waals surface area contributed by atoms with Crippen molar-refractivity contribution < 1.29 is 13.2 Å². The second kappa shape index (κ2) is 8.10. The Morgan fingerprint density at radius 2 is 2.05 bits per heavy atom. The molecule has 0 aliphatic heterocycles. The highest BCUT2D eigenvalue weighted by Crippen LogP contribution is 2.23. The molecule has 5 nitrogen and oxygen atoms in total. The smallest absolute Gasteiger partial charge is 0.242 e. The van der Waals surface area contributed by atoms with E-state index in [4.69, 9.17) is 16.3 Å². The molecule has 21 heavy (non-hydrogen) atoms. The van der Waals surface area contributed by atoms with Gasteiger partial charge in [0.1, 0.15) is 0 Å². The normalized spacial score (nSPS) is 12.3. The summed E-state index contributed by atoms with van der Waals surface area (Å²) in [6.07, 6.45) is 0. The minimum atomic E-state index is -3.53. The fourth-order valence-corrected chi connectivity index (χ4v) is 3.16. The van der Waals surface area contributed by atoms with Crippen molar-refractivity contribution in [2.24, 2.45) is 0 Å². The van der Waals surface area contributed by atoms with E-state index in [1.165, 1.54) is 24.5 Å². The molecule has 1 rings (SSSR count). The third-order valence-electron chi connectivity index (χ3n) is 3.04. The number of hydrogen-bond acceptors (Lipinski definition) is 4. The molecule has 0 saturated heterocycles. The van der Waals surface area contributed by atoms with Crippen molar-refractivity contribution >= 4 is 21.6 Å². The van der Waals surface area contributed by atoms with Crippen molar-refractivity contribution in [1.29, 1.82) is 0 Å². The maximum atomic E-state index is 12.4. The number of methoxy groups -OCH3 is 1. The third-order valence-corrected chi connectivity index (χ3v) is 5.25. The van der Waals surface area contributed by atoms with Crippen LogP contribution in [0.15, 0.2) is 23.1 Å². The number of halogens is 1. The summed E-state index contributed by atoms with van der Waals surface area (Å²) >= 11 is 6.18. The lowest BCUT2D eigenvalue weighted by Crippen LogP contribution is -2.30. The average Bonchev–Trinajstić information content (AvgIpc) is 2.42. The predicted molar refractivity (Wildman–Crippen MR) is 85.1 cm³/mol. The Morgan fingerprint density at radius 1 is 1.38 bits per heavy atom. The molecule has 7 heteroatoms. The highest BCUT2D eigenvalue weighted by Gasteiger charge is 2.21. The molecule has 1 N–H and O–H groups in total. The summed E-state index contributed by atoms with van der Waals surface area (Å²) < 4.78 is 30.9. The molecule has 0 unspecified atom stereocenters. The molecule has 120 valence electrons. The van der Waals surface area contributed by atoms with Crippen LogP contribution in [0, 0.1) is 0 Å². The van der Waals surface area contributed by atoms with Crippen LogP contribution in [0.2, 0.25) is 5.02 Å². The highest BCUT2D eigenvalue weighted by atomic mass is 35.5. The number of likely N-dealkylation sites (N-methyl/N-ethyl adjacent to an activating group) is 1. The summed E-state index contributed by atoms with van der Waals surface area (Å²) in [5, 5.41) is 3.70. The fourth-order valence-electron chi connectivity index (χ4n) is 1.67. The van der Waals surface area contributed by atoms with Crippen LogP contribution in [0.5, 0.6) is 0 Å². The predicted octanol–water partition coefficient (Wildman–Crippen LogP) is 2.10. The van der Waals surface area contributed by atoms with Gasteiger partial charge in [-0.2, -0.15) is 4.31 Å². The van der Waals surface area contributed by atoms with Gasteiger partial charge in [0.2, 0.25) is 10.0 Å². The maximum absolute atomic E-state index is 12.4. The SMILES string of the molecule is COCCN(C)S(=O)(=O)c1ccc(CNC(C)C)c(Cl)c1. The quantitative estimate of drug-likeness (QED) is 0.791. The molecule has 0 saturated carbocycles. The number of ether oxygens (including phenoxy) is 1. The molecule has 0 atom stereocenters. The largest absolute Gasteiger partial charge is 0.383 e. The molecule has 0 amide bonds. The first kappa shape index (κ1) is 18.4. The Morgan fingerprint density at radius 3 is 2.57 bits per heavy atom. The highest BCUT2D eigenvalue weighted by molar-refractivity contribution is 7.89. The maximum Gasteiger partial charge on any atom is 0.242 e. The Hall–Kier alpha value is -0.660. The van der Waals surface area contributed by atoms with Crippen molar-refractivity contribution in [2.45, 2.75) is 31.3 Å². The first-order chi connectivity index (χ1) is 9.78. The van der Waals surface area contributed by atoms with E-state index in [0.29, 0.717) is 30.8 Å². The van der Waals surface area contributed by atoms with Gasteiger partial charge in [-0.15, -0.1) is 0 Å². The molecule has 0 heterocycles. The van der Waals surface area contributed by atoms with E-state index < -0.39 is 10.0 Å².